The summed E-state index contributed by atoms with van der Waals surface area (Å²) in [5.74, 6) is 0. The summed E-state index contributed by atoms with van der Waals surface area (Å²) < 4.78 is 0. The van der Waals surface area contributed by atoms with E-state index < -0.39 is 0 Å². The van der Waals surface area contributed by atoms with E-state index >= 15 is 0 Å². The van der Waals surface area contributed by atoms with Gasteiger partial charge in [0.15, 0.2) is 0 Å². The molecule has 1 rings (SSSR count). The van der Waals surface area contributed by atoms with Crippen molar-refractivity contribution in [3.8, 4) is 0 Å². The van der Waals surface area contributed by atoms with Crippen LogP contribution in [0, 0.1) is 0 Å². The minimum atomic E-state index is 0.624. The summed E-state index contributed by atoms with van der Waals surface area (Å²) >= 11 is 1.83. The fraction of sp³-hybridized carbons (Fsp3) is 0.333. The fourth-order valence-corrected chi connectivity index (χ4v) is 1.74. The summed E-state index contributed by atoms with van der Waals surface area (Å²) in [6.07, 6.45) is 5.18. The third-order valence-electron chi connectivity index (χ3n) is 1.45. The molecule has 1 aromatic heterocycles. The van der Waals surface area contributed by atoms with E-state index in [-0.39, 0.29) is 0 Å². The highest BCUT2D eigenvalue weighted by Gasteiger charge is 1.92. The van der Waals surface area contributed by atoms with Crippen LogP contribution >= 0.6 is 11.3 Å². The summed E-state index contributed by atoms with van der Waals surface area (Å²) in [5, 5.41) is 0. The molecule has 0 saturated carbocycles. The number of aryl methyl sites for hydroxylation is 1. The summed E-state index contributed by atoms with van der Waals surface area (Å²) in [7, 11) is 0. The SMILES string of the molecule is CCc1ccc(/C=C/CN)s1. The molecule has 0 aliphatic carbocycles. The topological polar surface area (TPSA) is 26.0 Å². The highest BCUT2D eigenvalue weighted by atomic mass is 32.1. The number of hydrogen-bond donors (Lipinski definition) is 1. The second kappa shape index (κ2) is 4.31. The van der Waals surface area contributed by atoms with Gasteiger partial charge in [-0.25, -0.2) is 0 Å². The first kappa shape index (κ1) is 8.50. The minimum absolute atomic E-state index is 0.624. The third-order valence-corrected chi connectivity index (χ3v) is 2.64. The minimum Gasteiger partial charge on any atom is -0.327 e. The van der Waals surface area contributed by atoms with Gasteiger partial charge in [-0.3, -0.25) is 0 Å². The quantitative estimate of drug-likeness (QED) is 0.734. The zero-order valence-corrected chi connectivity index (χ0v) is 7.53. The van der Waals surface area contributed by atoms with E-state index in [4.69, 9.17) is 5.73 Å². The van der Waals surface area contributed by atoms with Crippen molar-refractivity contribution in [2.24, 2.45) is 5.73 Å². The molecule has 0 atom stereocenters. The van der Waals surface area contributed by atoms with E-state index in [0.29, 0.717) is 6.54 Å². The molecule has 2 heteroatoms. The van der Waals surface area contributed by atoms with Crippen LogP contribution in [0.4, 0.5) is 0 Å². The number of thiophene rings is 1. The lowest BCUT2D eigenvalue weighted by atomic mass is 10.3. The highest BCUT2D eigenvalue weighted by Crippen LogP contribution is 2.17. The van der Waals surface area contributed by atoms with Crippen molar-refractivity contribution in [1.82, 2.24) is 0 Å². The van der Waals surface area contributed by atoms with Crippen LogP contribution < -0.4 is 5.73 Å². The second-order valence-electron chi connectivity index (χ2n) is 2.30. The summed E-state index contributed by atoms with van der Waals surface area (Å²) in [6.45, 7) is 2.79. The van der Waals surface area contributed by atoms with Crippen LogP contribution in [0.25, 0.3) is 6.08 Å². The average molecular weight is 167 g/mol. The van der Waals surface area contributed by atoms with Gasteiger partial charge in [0, 0.05) is 16.3 Å². The van der Waals surface area contributed by atoms with Crippen molar-refractivity contribution < 1.29 is 0 Å². The maximum absolute atomic E-state index is 5.33. The molecule has 0 spiro atoms. The van der Waals surface area contributed by atoms with Gasteiger partial charge >= 0.3 is 0 Å². The van der Waals surface area contributed by atoms with Crippen molar-refractivity contribution in [2.45, 2.75) is 13.3 Å². The summed E-state index contributed by atoms with van der Waals surface area (Å²) in [4.78, 5) is 2.73. The molecule has 11 heavy (non-hydrogen) atoms. The molecule has 0 saturated heterocycles. The van der Waals surface area contributed by atoms with Gasteiger partial charge in [-0.2, -0.15) is 0 Å². The smallest absolute Gasteiger partial charge is 0.0270 e. The van der Waals surface area contributed by atoms with Crippen molar-refractivity contribution in [1.29, 1.82) is 0 Å². The molecule has 1 nitrogen and oxygen atoms in total. The van der Waals surface area contributed by atoms with Crippen molar-refractivity contribution >= 4 is 17.4 Å². The van der Waals surface area contributed by atoms with Gasteiger partial charge < -0.3 is 5.73 Å². The largest absolute Gasteiger partial charge is 0.327 e. The van der Waals surface area contributed by atoms with E-state index in [1.807, 2.05) is 17.4 Å². The lowest BCUT2D eigenvalue weighted by Gasteiger charge is -1.83. The van der Waals surface area contributed by atoms with Gasteiger partial charge in [-0.05, 0) is 24.6 Å². The van der Waals surface area contributed by atoms with Crippen LogP contribution in [0.3, 0.4) is 0 Å². The van der Waals surface area contributed by atoms with Crippen LogP contribution in [0.15, 0.2) is 18.2 Å². The number of hydrogen-bond acceptors (Lipinski definition) is 2. The second-order valence-corrected chi connectivity index (χ2v) is 3.50. The molecule has 2 N–H and O–H groups in total. The Labute approximate surface area is 71.5 Å². The third kappa shape index (κ3) is 2.48. The Morgan fingerprint density at radius 3 is 2.91 bits per heavy atom. The van der Waals surface area contributed by atoms with Gasteiger partial charge in [-0.15, -0.1) is 11.3 Å². The first-order valence-corrected chi connectivity index (χ1v) is 4.63. The first-order valence-electron chi connectivity index (χ1n) is 3.82. The Morgan fingerprint density at radius 2 is 2.36 bits per heavy atom. The zero-order valence-electron chi connectivity index (χ0n) is 6.71. The molecule has 0 fully saturated rings. The van der Waals surface area contributed by atoms with E-state index in [0.717, 1.165) is 6.42 Å². The van der Waals surface area contributed by atoms with Gasteiger partial charge in [0.1, 0.15) is 0 Å². The number of nitrogens with two attached hydrogens (primary N) is 1. The van der Waals surface area contributed by atoms with Crippen molar-refractivity contribution in [2.75, 3.05) is 6.54 Å². The van der Waals surface area contributed by atoms with Crippen LogP contribution in [-0.2, 0) is 6.42 Å². The predicted octanol–water partition coefficient (Wildman–Crippen LogP) is 2.28. The van der Waals surface area contributed by atoms with Crippen molar-refractivity contribution in [3.05, 3.63) is 28.0 Å². The van der Waals surface area contributed by atoms with E-state index in [9.17, 15) is 0 Å². The monoisotopic (exact) mass is 167 g/mol. The van der Waals surface area contributed by atoms with Gasteiger partial charge in [0.25, 0.3) is 0 Å². The molecule has 0 aliphatic rings. The molecule has 0 bridgehead atoms. The maximum atomic E-state index is 5.33. The molecular formula is C9H13NS. The zero-order chi connectivity index (χ0) is 8.10. The molecule has 0 amide bonds. The lowest BCUT2D eigenvalue weighted by Crippen LogP contribution is -1.91. The number of rotatable bonds is 3. The molecule has 0 aliphatic heterocycles. The summed E-state index contributed by atoms with van der Waals surface area (Å²) in [5.41, 5.74) is 5.33. The molecule has 1 aromatic rings. The van der Waals surface area contributed by atoms with E-state index in [2.05, 4.69) is 25.1 Å². The molecular weight excluding hydrogens is 154 g/mol. The Hall–Kier alpha value is -0.600. The molecule has 1 heterocycles. The Morgan fingerprint density at radius 1 is 1.55 bits per heavy atom. The molecule has 0 aromatic carbocycles. The molecule has 0 radical (unpaired) electrons. The average Bonchev–Trinajstić information content (AvgIpc) is 2.48. The Kier molecular flexibility index (Phi) is 3.33. The van der Waals surface area contributed by atoms with Gasteiger partial charge in [-0.1, -0.05) is 13.0 Å². The summed E-state index contributed by atoms with van der Waals surface area (Å²) in [6, 6.07) is 4.30. The predicted molar refractivity (Wildman–Crippen MR) is 51.8 cm³/mol. The normalized spacial score (nSPS) is 11.1. The standard InChI is InChI=1S/C9H13NS/c1-2-8-5-6-9(11-8)4-3-7-10/h3-6H,2,7,10H2,1H3/b4-3+. The molecule has 0 unspecified atom stereocenters. The van der Waals surface area contributed by atoms with Crippen LogP contribution in [0.1, 0.15) is 16.7 Å². The fourth-order valence-electron chi connectivity index (χ4n) is 0.858. The van der Waals surface area contributed by atoms with Crippen LogP contribution in [-0.4, -0.2) is 6.54 Å². The maximum Gasteiger partial charge on any atom is 0.0270 e. The molecule has 60 valence electrons. The Bertz CT molecular complexity index is 237. The lowest BCUT2D eigenvalue weighted by molar-refractivity contribution is 1.19. The highest BCUT2D eigenvalue weighted by molar-refractivity contribution is 7.12. The van der Waals surface area contributed by atoms with Crippen LogP contribution in [0.5, 0.6) is 0 Å². The van der Waals surface area contributed by atoms with Crippen molar-refractivity contribution in [3.63, 3.8) is 0 Å². The van der Waals surface area contributed by atoms with Crippen LogP contribution in [0.2, 0.25) is 0 Å². The van der Waals surface area contributed by atoms with E-state index in [1.54, 1.807) is 0 Å². The van der Waals surface area contributed by atoms with Gasteiger partial charge in [0.2, 0.25) is 0 Å². The Balaban J connectivity index is 2.65. The first-order chi connectivity index (χ1) is 5.36. The van der Waals surface area contributed by atoms with E-state index in [1.165, 1.54) is 9.75 Å². The van der Waals surface area contributed by atoms with Gasteiger partial charge in [0.05, 0.1) is 0 Å².